The number of hydrogen-bond acceptors (Lipinski definition) is 3. The number of benzene rings is 1. The van der Waals surface area contributed by atoms with Crippen molar-refractivity contribution in [1.82, 2.24) is 10.2 Å². The highest BCUT2D eigenvalue weighted by Gasteiger charge is 2.34. The van der Waals surface area contributed by atoms with Crippen molar-refractivity contribution in [3.8, 4) is 0 Å². The summed E-state index contributed by atoms with van der Waals surface area (Å²) in [7, 11) is 0. The number of amides is 1. The molecule has 4 rings (SSSR count). The maximum atomic E-state index is 12.7. The van der Waals surface area contributed by atoms with E-state index < -0.39 is 0 Å². The van der Waals surface area contributed by atoms with E-state index >= 15 is 0 Å². The molecule has 5 heteroatoms. The van der Waals surface area contributed by atoms with Crippen LogP contribution < -0.4 is 5.32 Å². The van der Waals surface area contributed by atoms with Crippen molar-refractivity contribution in [3.63, 3.8) is 0 Å². The van der Waals surface area contributed by atoms with Crippen LogP contribution in [0, 0.1) is 11.8 Å². The number of halogens is 1. The number of fused-ring (bicyclic) bond motifs is 2. The first-order valence-corrected chi connectivity index (χ1v) is 8.11. The first-order chi connectivity index (χ1) is 9.81. The van der Waals surface area contributed by atoms with Gasteiger partial charge in [0.25, 0.3) is 5.91 Å². The molecule has 112 valence electrons. The standard InChI is InChI=1S/C16H18N2OS.ClH/c19-16(15-7-11-3-1-2-4-14(11)20-15)18-6-5-12-8-17-9-13(12)10-18;/h1-4,7,12-13,17H,5-6,8-10H2;1H. The minimum absolute atomic E-state index is 0. The molecule has 0 bridgehead atoms. The number of carbonyl (C=O) groups is 1. The van der Waals surface area contributed by atoms with Crippen LogP contribution in [0.5, 0.6) is 0 Å². The number of rotatable bonds is 1. The number of hydrogen-bond donors (Lipinski definition) is 1. The Morgan fingerprint density at radius 2 is 2.05 bits per heavy atom. The van der Waals surface area contributed by atoms with Gasteiger partial charge in [-0.25, -0.2) is 0 Å². The topological polar surface area (TPSA) is 32.3 Å². The second-order valence-electron chi connectivity index (χ2n) is 5.87. The van der Waals surface area contributed by atoms with Crippen LogP contribution in [-0.4, -0.2) is 37.0 Å². The second kappa shape index (κ2) is 5.95. The molecule has 3 heterocycles. The van der Waals surface area contributed by atoms with E-state index in [9.17, 15) is 4.79 Å². The maximum Gasteiger partial charge on any atom is 0.263 e. The van der Waals surface area contributed by atoms with Crippen molar-refractivity contribution in [2.24, 2.45) is 11.8 Å². The number of nitrogens with one attached hydrogen (secondary N) is 1. The molecular weight excluding hydrogens is 304 g/mol. The molecule has 0 aliphatic carbocycles. The molecule has 2 unspecified atom stereocenters. The molecule has 2 aromatic rings. The monoisotopic (exact) mass is 322 g/mol. The molecule has 1 aromatic heterocycles. The van der Waals surface area contributed by atoms with Crippen LogP contribution in [0.2, 0.25) is 0 Å². The lowest BCUT2D eigenvalue weighted by Gasteiger charge is -2.34. The zero-order valence-corrected chi connectivity index (χ0v) is 13.4. The Morgan fingerprint density at radius 1 is 1.24 bits per heavy atom. The van der Waals surface area contributed by atoms with Crippen LogP contribution >= 0.6 is 23.7 Å². The molecule has 2 aliphatic heterocycles. The van der Waals surface area contributed by atoms with Crippen molar-refractivity contribution >= 4 is 39.7 Å². The summed E-state index contributed by atoms with van der Waals surface area (Å²) in [6, 6.07) is 10.3. The zero-order valence-electron chi connectivity index (χ0n) is 11.7. The van der Waals surface area contributed by atoms with E-state index in [4.69, 9.17) is 0 Å². The number of thiophene rings is 1. The third-order valence-electron chi connectivity index (χ3n) is 4.63. The summed E-state index contributed by atoms with van der Waals surface area (Å²) in [5.74, 6) is 1.65. The predicted molar refractivity (Wildman–Crippen MR) is 89.4 cm³/mol. The Morgan fingerprint density at radius 3 is 2.90 bits per heavy atom. The van der Waals surface area contributed by atoms with Gasteiger partial charge in [-0.05, 0) is 48.9 Å². The number of carbonyl (C=O) groups excluding carboxylic acids is 1. The summed E-state index contributed by atoms with van der Waals surface area (Å²) in [6.07, 6.45) is 1.15. The second-order valence-corrected chi connectivity index (χ2v) is 6.95. The lowest BCUT2D eigenvalue weighted by Crippen LogP contribution is -2.43. The van der Waals surface area contributed by atoms with Crippen molar-refractivity contribution in [2.45, 2.75) is 6.42 Å². The summed E-state index contributed by atoms with van der Waals surface area (Å²) in [5, 5.41) is 4.63. The van der Waals surface area contributed by atoms with Gasteiger partial charge in [-0.1, -0.05) is 18.2 Å². The van der Waals surface area contributed by atoms with Crippen molar-refractivity contribution < 1.29 is 4.79 Å². The summed E-state index contributed by atoms with van der Waals surface area (Å²) < 4.78 is 1.20. The fraction of sp³-hybridized carbons (Fsp3) is 0.438. The van der Waals surface area contributed by atoms with Crippen LogP contribution in [0.1, 0.15) is 16.1 Å². The van der Waals surface area contributed by atoms with Gasteiger partial charge in [0.1, 0.15) is 0 Å². The number of piperidine rings is 1. The molecule has 1 amide bonds. The minimum atomic E-state index is 0. The van der Waals surface area contributed by atoms with Crippen LogP contribution in [0.3, 0.4) is 0 Å². The Hall–Kier alpha value is -1.10. The Bertz CT molecular complexity index is 624. The minimum Gasteiger partial charge on any atom is -0.338 e. The SMILES string of the molecule is Cl.O=C(c1cc2ccccc2s1)N1CCC2CNCC2C1. The first kappa shape index (κ1) is 14.8. The van der Waals surface area contributed by atoms with E-state index in [1.165, 1.54) is 10.1 Å². The fourth-order valence-electron chi connectivity index (χ4n) is 3.46. The van der Waals surface area contributed by atoms with Gasteiger partial charge in [-0.3, -0.25) is 4.79 Å². The molecule has 0 radical (unpaired) electrons. The third-order valence-corrected chi connectivity index (χ3v) is 5.73. The lowest BCUT2D eigenvalue weighted by atomic mass is 9.88. The van der Waals surface area contributed by atoms with Gasteiger partial charge in [0.15, 0.2) is 0 Å². The summed E-state index contributed by atoms with van der Waals surface area (Å²) in [5.41, 5.74) is 0. The van der Waals surface area contributed by atoms with E-state index in [1.807, 2.05) is 18.2 Å². The van der Waals surface area contributed by atoms with E-state index in [0.29, 0.717) is 5.92 Å². The molecule has 2 aliphatic rings. The summed E-state index contributed by atoms with van der Waals surface area (Å²) in [6.45, 7) is 4.04. The largest absolute Gasteiger partial charge is 0.338 e. The van der Waals surface area contributed by atoms with Gasteiger partial charge >= 0.3 is 0 Å². The van der Waals surface area contributed by atoms with E-state index in [2.05, 4.69) is 22.3 Å². The lowest BCUT2D eigenvalue weighted by molar-refractivity contribution is 0.0647. The van der Waals surface area contributed by atoms with E-state index in [-0.39, 0.29) is 18.3 Å². The van der Waals surface area contributed by atoms with Crippen LogP contribution in [0.4, 0.5) is 0 Å². The first-order valence-electron chi connectivity index (χ1n) is 7.30. The van der Waals surface area contributed by atoms with E-state index in [1.54, 1.807) is 11.3 Å². The van der Waals surface area contributed by atoms with E-state index in [0.717, 1.165) is 43.4 Å². The smallest absolute Gasteiger partial charge is 0.263 e. The molecule has 1 aromatic carbocycles. The maximum absolute atomic E-state index is 12.7. The highest BCUT2D eigenvalue weighted by molar-refractivity contribution is 7.20. The quantitative estimate of drug-likeness (QED) is 0.875. The molecule has 2 fully saturated rings. The Labute approximate surface area is 134 Å². The normalized spacial score (nSPS) is 24.7. The molecule has 2 atom stereocenters. The van der Waals surface area contributed by atoms with Crippen LogP contribution in [-0.2, 0) is 0 Å². The highest BCUT2D eigenvalue weighted by atomic mass is 35.5. The molecule has 0 saturated carbocycles. The van der Waals surface area contributed by atoms with Gasteiger partial charge in [0, 0.05) is 17.8 Å². The van der Waals surface area contributed by atoms with Crippen molar-refractivity contribution in [2.75, 3.05) is 26.2 Å². The summed E-state index contributed by atoms with van der Waals surface area (Å²) >= 11 is 1.62. The summed E-state index contributed by atoms with van der Waals surface area (Å²) in [4.78, 5) is 15.6. The van der Waals surface area contributed by atoms with Crippen molar-refractivity contribution in [1.29, 1.82) is 0 Å². The average molecular weight is 323 g/mol. The Kier molecular flexibility index (Phi) is 4.20. The van der Waals surface area contributed by atoms with Gasteiger partial charge in [-0.15, -0.1) is 23.7 Å². The molecule has 0 spiro atoms. The molecule has 2 saturated heterocycles. The molecule has 1 N–H and O–H groups in total. The predicted octanol–water partition coefficient (Wildman–Crippen LogP) is 3.00. The molecule has 21 heavy (non-hydrogen) atoms. The molecule has 3 nitrogen and oxygen atoms in total. The third kappa shape index (κ3) is 2.68. The Balaban J connectivity index is 0.00000132. The number of nitrogens with zero attached hydrogens (tertiary/aromatic N) is 1. The fourth-order valence-corrected chi connectivity index (χ4v) is 4.49. The van der Waals surface area contributed by atoms with Crippen molar-refractivity contribution in [3.05, 3.63) is 35.2 Å². The zero-order chi connectivity index (χ0) is 13.5. The highest BCUT2D eigenvalue weighted by Crippen LogP contribution is 2.30. The average Bonchev–Trinajstić information content (AvgIpc) is 3.11. The van der Waals surface area contributed by atoms with Crippen LogP contribution in [0.15, 0.2) is 30.3 Å². The van der Waals surface area contributed by atoms with Gasteiger partial charge < -0.3 is 10.2 Å². The number of likely N-dealkylation sites (tertiary alicyclic amines) is 1. The van der Waals surface area contributed by atoms with Gasteiger partial charge in [-0.2, -0.15) is 0 Å². The van der Waals surface area contributed by atoms with Gasteiger partial charge in [0.05, 0.1) is 4.88 Å². The molecular formula is C16H19ClN2OS. The van der Waals surface area contributed by atoms with Crippen LogP contribution in [0.25, 0.3) is 10.1 Å². The van der Waals surface area contributed by atoms with Gasteiger partial charge in [0.2, 0.25) is 0 Å².